The van der Waals surface area contributed by atoms with E-state index in [9.17, 15) is 4.79 Å². The molecule has 2 aliphatic heterocycles. The van der Waals surface area contributed by atoms with Crippen molar-refractivity contribution in [2.45, 2.75) is 70.9 Å². The van der Waals surface area contributed by atoms with Crippen molar-refractivity contribution >= 4 is 22.9 Å². The highest BCUT2D eigenvalue weighted by molar-refractivity contribution is 7.11. The first kappa shape index (κ1) is 19.6. The van der Waals surface area contributed by atoms with Gasteiger partial charge >= 0.3 is 0 Å². The number of nitrogens with one attached hydrogen (secondary N) is 1. The van der Waals surface area contributed by atoms with Crippen LogP contribution in [0.2, 0.25) is 0 Å². The van der Waals surface area contributed by atoms with E-state index in [1.807, 2.05) is 10.9 Å². The maximum absolute atomic E-state index is 13.0. The molecular weight excluding hydrogens is 370 g/mol. The standard InChI is InChI=1S/C21H31N5OS/c1-15-13-22-20(28-15)17-12-21(2,3)26-19(24-17)16(14-23-26)18(27)8-7-11-25-9-5-4-6-10-25/h13-14,17,24H,4-12H2,1-3H3. The first-order valence-electron chi connectivity index (χ1n) is 10.5. The second-order valence-electron chi connectivity index (χ2n) is 8.77. The molecular formula is C21H31N5OS. The minimum atomic E-state index is -0.156. The van der Waals surface area contributed by atoms with E-state index < -0.39 is 0 Å². The van der Waals surface area contributed by atoms with Crippen LogP contribution in [-0.2, 0) is 5.54 Å². The summed E-state index contributed by atoms with van der Waals surface area (Å²) in [5.41, 5.74) is 0.571. The maximum atomic E-state index is 13.0. The molecule has 1 fully saturated rings. The molecule has 0 aliphatic carbocycles. The van der Waals surface area contributed by atoms with Gasteiger partial charge in [0.25, 0.3) is 0 Å². The van der Waals surface area contributed by atoms with Gasteiger partial charge in [-0.05, 0) is 66.1 Å². The molecule has 0 saturated carbocycles. The zero-order valence-electron chi connectivity index (χ0n) is 17.2. The van der Waals surface area contributed by atoms with Gasteiger partial charge in [0.1, 0.15) is 10.8 Å². The number of nitrogens with zero attached hydrogens (tertiary/aromatic N) is 4. The number of carbonyl (C=O) groups is 1. The lowest BCUT2D eigenvalue weighted by molar-refractivity contribution is 0.0973. The molecule has 2 aromatic rings. The molecule has 2 aliphatic rings. The molecule has 6 nitrogen and oxygen atoms in total. The number of rotatable bonds is 6. The molecule has 4 rings (SSSR count). The van der Waals surface area contributed by atoms with Gasteiger partial charge in [-0.15, -0.1) is 11.3 Å². The number of aromatic nitrogens is 3. The van der Waals surface area contributed by atoms with Crippen molar-refractivity contribution < 1.29 is 4.79 Å². The lowest BCUT2D eigenvalue weighted by atomic mass is 9.92. The van der Waals surface area contributed by atoms with Crippen LogP contribution in [0.15, 0.2) is 12.4 Å². The summed E-state index contributed by atoms with van der Waals surface area (Å²) in [7, 11) is 0. The Kier molecular flexibility index (Phi) is 5.56. The van der Waals surface area contributed by atoms with Crippen molar-refractivity contribution in [2.75, 3.05) is 25.0 Å². The van der Waals surface area contributed by atoms with Crippen LogP contribution in [0.4, 0.5) is 5.82 Å². The normalized spacial score (nSPS) is 21.9. The number of anilines is 1. The second-order valence-corrected chi connectivity index (χ2v) is 10.0. The average Bonchev–Trinajstić information content (AvgIpc) is 3.29. The van der Waals surface area contributed by atoms with Crippen molar-refractivity contribution in [2.24, 2.45) is 0 Å². The Bertz CT molecular complexity index is 834. The zero-order valence-corrected chi connectivity index (χ0v) is 18.0. The maximum Gasteiger partial charge on any atom is 0.168 e. The molecule has 1 unspecified atom stereocenters. The summed E-state index contributed by atoms with van der Waals surface area (Å²) in [6.45, 7) is 9.83. The molecule has 0 aromatic carbocycles. The van der Waals surface area contributed by atoms with Crippen LogP contribution in [0, 0.1) is 6.92 Å². The zero-order chi connectivity index (χ0) is 19.7. The highest BCUT2D eigenvalue weighted by atomic mass is 32.1. The molecule has 2 aromatic heterocycles. The van der Waals surface area contributed by atoms with Crippen LogP contribution < -0.4 is 5.32 Å². The van der Waals surface area contributed by atoms with Gasteiger partial charge in [0.05, 0.1) is 23.3 Å². The third-order valence-corrected chi connectivity index (χ3v) is 6.95. The van der Waals surface area contributed by atoms with E-state index in [0.717, 1.165) is 35.8 Å². The van der Waals surface area contributed by atoms with Crippen molar-refractivity contribution in [3.05, 3.63) is 27.8 Å². The summed E-state index contributed by atoms with van der Waals surface area (Å²) >= 11 is 1.72. The average molecular weight is 402 g/mol. The van der Waals surface area contributed by atoms with Crippen LogP contribution >= 0.6 is 11.3 Å². The van der Waals surface area contributed by atoms with Crippen LogP contribution in [0.1, 0.15) is 78.7 Å². The lowest BCUT2D eigenvalue weighted by Crippen LogP contribution is -2.38. The number of aryl methyl sites for hydroxylation is 1. The molecule has 1 N–H and O–H groups in total. The number of likely N-dealkylation sites (tertiary alicyclic amines) is 1. The summed E-state index contributed by atoms with van der Waals surface area (Å²) in [4.78, 5) is 21.2. The van der Waals surface area contributed by atoms with Crippen molar-refractivity contribution in [1.29, 1.82) is 0 Å². The Morgan fingerprint density at radius 1 is 1.29 bits per heavy atom. The van der Waals surface area contributed by atoms with Gasteiger partial charge < -0.3 is 10.2 Å². The first-order valence-corrected chi connectivity index (χ1v) is 11.3. The molecule has 0 amide bonds. The van der Waals surface area contributed by atoms with Crippen molar-refractivity contribution in [3.8, 4) is 0 Å². The van der Waals surface area contributed by atoms with E-state index in [1.165, 1.54) is 37.2 Å². The fraction of sp³-hybridized carbons (Fsp3) is 0.667. The molecule has 1 atom stereocenters. The molecule has 1 saturated heterocycles. The molecule has 0 bridgehead atoms. The van der Waals surface area contributed by atoms with E-state index in [2.05, 4.69) is 41.1 Å². The van der Waals surface area contributed by atoms with Crippen LogP contribution in [-0.4, -0.2) is 45.1 Å². The minimum absolute atomic E-state index is 0.123. The first-order chi connectivity index (χ1) is 13.4. The van der Waals surface area contributed by atoms with E-state index >= 15 is 0 Å². The minimum Gasteiger partial charge on any atom is -0.360 e. The third kappa shape index (κ3) is 4.01. The molecule has 28 heavy (non-hydrogen) atoms. The number of piperidine rings is 1. The number of fused-ring (bicyclic) bond motifs is 1. The fourth-order valence-corrected chi connectivity index (χ4v) is 5.24. The van der Waals surface area contributed by atoms with Gasteiger partial charge in [0, 0.05) is 17.5 Å². The quantitative estimate of drug-likeness (QED) is 0.728. The molecule has 152 valence electrons. The van der Waals surface area contributed by atoms with Crippen molar-refractivity contribution in [1.82, 2.24) is 19.7 Å². The van der Waals surface area contributed by atoms with Gasteiger partial charge in [-0.3, -0.25) is 4.79 Å². The predicted molar refractivity (Wildman–Crippen MR) is 113 cm³/mol. The van der Waals surface area contributed by atoms with E-state index in [0.29, 0.717) is 6.42 Å². The Balaban J connectivity index is 1.46. The topological polar surface area (TPSA) is 63.1 Å². The number of hydrogen-bond donors (Lipinski definition) is 1. The summed E-state index contributed by atoms with van der Waals surface area (Å²) < 4.78 is 1.99. The predicted octanol–water partition coefficient (Wildman–Crippen LogP) is 4.39. The highest BCUT2D eigenvalue weighted by Crippen LogP contribution is 2.41. The number of carbonyl (C=O) groups excluding carboxylic acids is 1. The molecule has 4 heterocycles. The Hall–Kier alpha value is -1.73. The van der Waals surface area contributed by atoms with E-state index in [4.69, 9.17) is 0 Å². The van der Waals surface area contributed by atoms with Crippen LogP contribution in [0.3, 0.4) is 0 Å². The van der Waals surface area contributed by atoms with Gasteiger partial charge in [0.2, 0.25) is 0 Å². The number of hydrogen-bond acceptors (Lipinski definition) is 6. The summed E-state index contributed by atoms with van der Waals surface area (Å²) in [6, 6.07) is 0.123. The smallest absolute Gasteiger partial charge is 0.168 e. The third-order valence-electron chi connectivity index (χ3n) is 5.92. The van der Waals surface area contributed by atoms with Crippen molar-refractivity contribution in [3.63, 3.8) is 0 Å². The monoisotopic (exact) mass is 401 g/mol. The Labute approximate surface area is 171 Å². The van der Waals surface area contributed by atoms with E-state index in [1.54, 1.807) is 17.5 Å². The van der Waals surface area contributed by atoms with Gasteiger partial charge in [0.15, 0.2) is 5.78 Å². The molecule has 7 heteroatoms. The number of ketones is 1. The summed E-state index contributed by atoms with van der Waals surface area (Å²) in [5, 5.41) is 9.22. The SMILES string of the molecule is Cc1cnc(C2CC(C)(C)n3ncc(C(=O)CCCN4CCCCC4)c3N2)s1. The van der Waals surface area contributed by atoms with Crippen LogP contribution in [0.25, 0.3) is 0 Å². The van der Waals surface area contributed by atoms with Gasteiger partial charge in [-0.25, -0.2) is 9.67 Å². The lowest BCUT2D eigenvalue weighted by Gasteiger charge is -2.37. The number of thiazole rings is 1. The fourth-order valence-electron chi connectivity index (χ4n) is 4.42. The Morgan fingerprint density at radius 3 is 2.79 bits per heavy atom. The van der Waals surface area contributed by atoms with Crippen LogP contribution in [0.5, 0.6) is 0 Å². The number of Topliss-reactive ketones (excluding diaryl/α,β-unsaturated/α-hetero) is 1. The van der Waals surface area contributed by atoms with Gasteiger partial charge in [-0.2, -0.15) is 5.10 Å². The van der Waals surface area contributed by atoms with E-state index in [-0.39, 0.29) is 17.4 Å². The van der Waals surface area contributed by atoms with Gasteiger partial charge in [-0.1, -0.05) is 6.42 Å². The molecule has 0 radical (unpaired) electrons. The summed E-state index contributed by atoms with van der Waals surface area (Å²) in [6.07, 6.45) is 10.0. The highest BCUT2D eigenvalue weighted by Gasteiger charge is 2.37. The molecule has 0 spiro atoms. The second kappa shape index (κ2) is 7.95. The largest absolute Gasteiger partial charge is 0.360 e. The summed E-state index contributed by atoms with van der Waals surface area (Å²) in [5.74, 6) is 1.05. The Morgan fingerprint density at radius 2 is 2.07 bits per heavy atom.